The van der Waals surface area contributed by atoms with Crippen LogP contribution in [0.25, 0.3) is 0 Å². The Hall–Kier alpha value is -0.380. The van der Waals surface area contributed by atoms with Crippen LogP contribution in [0.4, 0.5) is 0 Å². The zero-order valence-electron chi connectivity index (χ0n) is 10.2. The van der Waals surface area contributed by atoms with Gasteiger partial charge in [0.05, 0.1) is 6.61 Å². The van der Waals surface area contributed by atoms with Crippen molar-refractivity contribution in [2.45, 2.75) is 32.9 Å². The lowest BCUT2D eigenvalue weighted by Gasteiger charge is -2.20. The van der Waals surface area contributed by atoms with Crippen LogP contribution in [0.15, 0.2) is 28.7 Å². The lowest BCUT2D eigenvalue weighted by atomic mass is 10.1. The fraction of sp³-hybridized carbons (Fsp3) is 0.538. The van der Waals surface area contributed by atoms with E-state index >= 15 is 0 Å². The van der Waals surface area contributed by atoms with Gasteiger partial charge in [-0.3, -0.25) is 0 Å². The van der Waals surface area contributed by atoms with E-state index in [-0.39, 0.29) is 0 Å². The minimum Gasteiger partial charge on any atom is -0.380 e. The molecule has 1 aromatic carbocycles. The maximum Gasteiger partial charge on any atom is 0.0616 e. The Morgan fingerprint density at radius 2 is 1.88 bits per heavy atom. The summed E-state index contributed by atoms with van der Waals surface area (Å²) in [4.78, 5) is 0. The van der Waals surface area contributed by atoms with E-state index in [2.05, 4.69) is 59.4 Å². The molecule has 3 heteroatoms. The van der Waals surface area contributed by atoms with Crippen LogP contribution in [0.2, 0.25) is 0 Å². The molecule has 0 saturated heterocycles. The molecule has 0 aliphatic heterocycles. The molecule has 1 rings (SSSR count). The molecule has 0 radical (unpaired) electrons. The van der Waals surface area contributed by atoms with Gasteiger partial charge < -0.3 is 10.1 Å². The fourth-order valence-electron chi connectivity index (χ4n) is 1.62. The molecule has 0 fully saturated rings. The summed E-state index contributed by atoms with van der Waals surface area (Å²) in [7, 11) is 0. The molecule has 1 N–H and O–H groups in total. The smallest absolute Gasteiger partial charge is 0.0616 e. The van der Waals surface area contributed by atoms with E-state index in [0.29, 0.717) is 12.1 Å². The van der Waals surface area contributed by atoms with E-state index < -0.39 is 0 Å². The first-order valence-electron chi connectivity index (χ1n) is 5.72. The van der Waals surface area contributed by atoms with Crippen LogP contribution < -0.4 is 5.32 Å². The highest BCUT2D eigenvalue weighted by Crippen LogP contribution is 2.16. The second-order valence-corrected chi connectivity index (χ2v) is 4.92. The Balaban J connectivity index is 2.45. The minimum absolute atomic E-state index is 0.351. The van der Waals surface area contributed by atoms with Gasteiger partial charge in [0, 0.05) is 23.2 Å². The highest BCUT2D eigenvalue weighted by molar-refractivity contribution is 9.10. The van der Waals surface area contributed by atoms with E-state index in [1.54, 1.807) is 0 Å². The van der Waals surface area contributed by atoms with Crippen molar-refractivity contribution in [3.05, 3.63) is 34.3 Å². The molecule has 1 unspecified atom stereocenters. The van der Waals surface area contributed by atoms with Crippen molar-refractivity contribution in [2.24, 2.45) is 0 Å². The quantitative estimate of drug-likeness (QED) is 0.864. The number of halogens is 1. The third-order valence-corrected chi connectivity index (χ3v) is 3.01. The average molecular weight is 286 g/mol. The average Bonchev–Trinajstić information content (AvgIpc) is 2.27. The van der Waals surface area contributed by atoms with Crippen molar-refractivity contribution in [1.29, 1.82) is 0 Å². The molecule has 0 aromatic heterocycles. The molecule has 0 aliphatic carbocycles. The summed E-state index contributed by atoms with van der Waals surface area (Å²) in [6.45, 7) is 7.87. The van der Waals surface area contributed by atoms with Crippen molar-refractivity contribution >= 4 is 15.9 Å². The van der Waals surface area contributed by atoms with Crippen molar-refractivity contribution in [2.75, 3.05) is 13.2 Å². The lowest BCUT2D eigenvalue weighted by molar-refractivity contribution is 0.124. The van der Waals surface area contributed by atoms with Gasteiger partial charge in [-0.1, -0.05) is 28.1 Å². The first kappa shape index (κ1) is 13.7. The Bertz CT molecular complexity index is 299. The molecule has 90 valence electrons. The molecule has 0 aliphatic rings. The Morgan fingerprint density at radius 3 is 2.44 bits per heavy atom. The Labute approximate surface area is 107 Å². The first-order chi connectivity index (χ1) is 7.63. The molecule has 0 amide bonds. The van der Waals surface area contributed by atoms with E-state index in [0.717, 1.165) is 17.7 Å². The standard InChI is InChI=1S/C13H20BrNO/c1-4-16-9-10(2)15-11(3)12-5-7-13(14)8-6-12/h5-8,10-11,15H,4,9H2,1-3H3/t10?,11-/m1/s1. The van der Waals surface area contributed by atoms with Crippen LogP contribution in [0.1, 0.15) is 32.4 Å². The highest BCUT2D eigenvalue weighted by atomic mass is 79.9. The van der Waals surface area contributed by atoms with E-state index in [9.17, 15) is 0 Å². The van der Waals surface area contributed by atoms with Gasteiger partial charge in [0.2, 0.25) is 0 Å². The molecule has 2 nitrogen and oxygen atoms in total. The molecule has 16 heavy (non-hydrogen) atoms. The van der Waals surface area contributed by atoms with Gasteiger partial charge in [0.25, 0.3) is 0 Å². The van der Waals surface area contributed by atoms with Gasteiger partial charge >= 0.3 is 0 Å². The maximum absolute atomic E-state index is 5.38. The lowest BCUT2D eigenvalue weighted by Crippen LogP contribution is -2.32. The largest absolute Gasteiger partial charge is 0.380 e. The SMILES string of the molecule is CCOCC(C)N[C@H](C)c1ccc(Br)cc1. The van der Waals surface area contributed by atoms with Crippen LogP contribution in [0.3, 0.4) is 0 Å². The summed E-state index contributed by atoms with van der Waals surface area (Å²) in [5.74, 6) is 0. The molecule has 1 aromatic rings. The van der Waals surface area contributed by atoms with Crippen LogP contribution in [0, 0.1) is 0 Å². The summed E-state index contributed by atoms with van der Waals surface area (Å²) in [5, 5.41) is 3.51. The summed E-state index contributed by atoms with van der Waals surface area (Å²) in [6.07, 6.45) is 0. The summed E-state index contributed by atoms with van der Waals surface area (Å²) < 4.78 is 6.50. The summed E-state index contributed by atoms with van der Waals surface area (Å²) in [6, 6.07) is 9.13. The third kappa shape index (κ3) is 4.64. The van der Waals surface area contributed by atoms with E-state index in [1.807, 2.05) is 6.92 Å². The topological polar surface area (TPSA) is 21.3 Å². The van der Waals surface area contributed by atoms with Crippen LogP contribution in [-0.2, 0) is 4.74 Å². The third-order valence-electron chi connectivity index (χ3n) is 2.48. The Kier molecular flexibility index (Phi) is 6.03. The molecule has 0 spiro atoms. The second kappa shape index (κ2) is 7.05. The molecule has 2 atom stereocenters. The van der Waals surface area contributed by atoms with Crippen molar-refractivity contribution in [3.8, 4) is 0 Å². The molecular formula is C13H20BrNO. The van der Waals surface area contributed by atoms with Gasteiger partial charge in [-0.2, -0.15) is 0 Å². The number of benzene rings is 1. The predicted molar refractivity (Wildman–Crippen MR) is 71.6 cm³/mol. The zero-order valence-corrected chi connectivity index (χ0v) is 11.8. The van der Waals surface area contributed by atoms with Crippen molar-refractivity contribution < 1.29 is 4.74 Å². The zero-order chi connectivity index (χ0) is 12.0. The van der Waals surface area contributed by atoms with E-state index in [1.165, 1.54) is 5.56 Å². The fourth-order valence-corrected chi connectivity index (χ4v) is 1.88. The number of nitrogens with one attached hydrogen (secondary N) is 1. The molecular weight excluding hydrogens is 266 g/mol. The van der Waals surface area contributed by atoms with Crippen molar-refractivity contribution in [1.82, 2.24) is 5.32 Å². The van der Waals surface area contributed by atoms with Crippen LogP contribution in [0.5, 0.6) is 0 Å². The Morgan fingerprint density at radius 1 is 1.25 bits per heavy atom. The molecule has 0 heterocycles. The minimum atomic E-state index is 0.351. The normalized spacial score (nSPS) is 14.8. The number of hydrogen-bond acceptors (Lipinski definition) is 2. The van der Waals surface area contributed by atoms with Gasteiger partial charge in [-0.25, -0.2) is 0 Å². The van der Waals surface area contributed by atoms with Crippen LogP contribution in [-0.4, -0.2) is 19.3 Å². The maximum atomic E-state index is 5.38. The van der Waals surface area contributed by atoms with Gasteiger partial charge in [-0.05, 0) is 38.5 Å². The summed E-state index contributed by atoms with van der Waals surface area (Å²) >= 11 is 3.44. The monoisotopic (exact) mass is 285 g/mol. The summed E-state index contributed by atoms with van der Waals surface area (Å²) in [5.41, 5.74) is 1.30. The highest BCUT2D eigenvalue weighted by Gasteiger charge is 2.08. The number of rotatable bonds is 6. The van der Waals surface area contributed by atoms with E-state index in [4.69, 9.17) is 4.74 Å². The number of ether oxygens (including phenoxy) is 1. The molecule has 0 bridgehead atoms. The van der Waals surface area contributed by atoms with Crippen LogP contribution >= 0.6 is 15.9 Å². The van der Waals surface area contributed by atoms with Gasteiger partial charge in [0.15, 0.2) is 0 Å². The predicted octanol–water partition coefficient (Wildman–Crippen LogP) is 3.52. The first-order valence-corrected chi connectivity index (χ1v) is 6.52. The van der Waals surface area contributed by atoms with Gasteiger partial charge in [0.1, 0.15) is 0 Å². The van der Waals surface area contributed by atoms with Crippen molar-refractivity contribution in [3.63, 3.8) is 0 Å². The number of hydrogen-bond donors (Lipinski definition) is 1. The molecule has 0 saturated carbocycles. The second-order valence-electron chi connectivity index (χ2n) is 4.00. The van der Waals surface area contributed by atoms with Gasteiger partial charge in [-0.15, -0.1) is 0 Å².